The fourth-order valence-electron chi connectivity index (χ4n) is 2.20. The summed E-state index contributed by atoms with van der Waals surface area (Å²) in [6, 6.07) is 9.82. The van der Waals surface area contributed by atoms with Crippen LogP contribution in [0.1, 0.15) is 15.9 Å². The zero-order valence-electron chi connectivity index (χ0n) is 13.6. The van der Waals surface area contributed by atoms with Crippen LogP contribution in [0.5, 0.6) is 17.2 Å². The van der Waals surface area contributed by atoms with Crippen LogP contribution in [0, 0.1) is 4.91 Å². The quantitative estimate of drug-likeness (QED) is 0.436. The number of ketones is 1. The highest BCUT2D eigenvalue weighted by molar-refractivity contribution is 6.09. The third-order valence-electron chi connectivity index (χ3n) is 3.40. The zero-order valence-corrected chi connectivity index (χ0v) is 13.6. The van der Waals surface area contributed by atoms with Crippen molar-refractivity contribution in [1.82, 2.24) is 0 Å². The lowest BCUT2D eigenvalue weighted by atomic mass is 10.1. The topological polar surface area (TPSA) is 74.2 Å². The predicted molar refractivity (Wildman–Crippen MR) is 91.4 cm³/mol. The molecule has 0 bridgehead atoms. The second kappa shape index (κ2) is 7.92. The van der Waals surface area contributed by atoms with Gasteiger partial charge in [0.25, 0.3) is 0 Å². The number of nitroso groups, excluding NO2 is 1. The number of hydrogen-bond donors (Lipinski definition) is 0. The van der Waals surface area contributed by atoms with Crippen molar-refractivity contribution in [1.29, 1.82) is 0 Å². The molecule has 2 aromatic carbocycles. The van der Waals surface area contributed by atoms with Gasteiger partial charge < -0.3 is 14.2 Å². The van der Waals surface area contributed by atoms with Crippen molar-refractivity contribution < 1.29 is 19.0 Å². The van der Waals surface area contributed by atoms with Crippen LogP contribution in [0.15, 0.2) is 47.7 Å². The molecule has 0 fully saturated rings. The van der Waals surface area contributed by atoms with Crippen LogP contribution in [-0.2, 0) is 0 Å². The molecule has 0 aromatic heterocycles. The highest BCUT2D eigenvalue weighted by Gasteiger charge is 2.19. The van der Waals surface area contributed by atoms with Gasteiger partial charge >= 0.3 is 0 Å². The Kier molecular flexibility index (Phi) is 5.68. The van der Waals surface area contributed by atoms with Gasteiger partial charge in [-0.3, -0.25) is 4.79 Å². The molecule has 0 aliphatic carbocycles. The number of carbonyl (C=O) groups is 1. The van der Waals surface area contributed by atoms with Gasteiger partial charge in [-0.05, 0) is 41.1 Å². The molecule has 24 heavy (non-hydrogen) atoms. The molecule has 124 valence electrons. The molecule has 0 saturated heterocycles. The molecule has 2 aromatic rings. The van der Waals surface area contributed by atoms with E-state index in [1.54, 1.807) is 42.5 Å². The first kappa shape index (κ1) is 17.2. The van der Waals surface area contributed by atoms with E-state index >= 15 is 0 Å². The SMILES string of the molecule is COc1ccc(C(=O)/C=C/c2ccc(N=O)cc2)c(OC)c1OC. The summed E-state index contributed by atoms with van der Waals surface area (Å²) in [6.45, 7) is 0. The fourth-order valence-corrected chi connectivity index (χ4v) is 2.20. The molecule has 6 nitrogen and oxygen atoms in total. The first-order valence-electron chi connectivity index (χ1n) is 7.09. The summed E-state index contributed by atoms with van der Waals surface area (Å²) in [5, 5.41) is 2.83. The average molecular weight is 327 g/mol. The van der Waals surface area contributed by atoms with Crippen molar-refractivity contribution in [2.45, 2.75) is 0 Å². The molecule has 0 aliphatic rings. The van der Waals surface area contributed by atoms with E-state index < -0.39 is 0 Å². The van der Waals surface area contributed by atoms with Gasteiger partial charge in [0.05, 0.1) is 26.9 Å². The Bertz CT molecular complexity index is 766. The summed E-state index contributed by atoms with van der Waals surface area (Å²) in [6.07, 6.45) is 3.07. The highest BCUT2D eigenvalue weighted by Crippen LogP contribution is 2.40. The number of rotatable bonds is 7. The molecular weight excluding hydrogens is 310 g/mol. The lowest BCUT2D eigenvalue weighted by molar-refractivity contribution is 0.104. The minimum atomic E-state index is -0.245. The number of benzene rings is 2. The van der Waals surface area contributed by atoms with Crippen molar-refractivity contribution >= 4 is 17.5 Å². The Labute approximate surface area is 139 Å². The first-order chi connectivity index (χ1) is 11.6. The van der Waals surface area contributed by atoms with Crippen LogP contribution in [-0.4, -0.2) is 27.1 Å². The van der Waals surface area contributed by atoms with Gasteiger partial charge in [-0.2, -0.15) is 0 Å². The van der Waals surface area contributed by atoms with Gasteiger partial charge in [-0.15, -0.1) is 4.91 Å². The average Bonchev–Trinajstić information content (AvgIpc) is 2.64. The number of methoxy groups -OCH3 is 3. The maximum atomic E-state index is 12.5. The van der Waals surface area contributed by atoms with Crippen LogP contribution < -0.4 is 14.2 Å². The molecular formula is C18H17NO5. The summed E-state index contributed by atoms with van der Waals surface area (Å²) in [4.78, 5) is 22.9. The Balaban J connectivity index is 2.31. The van der Waals surface area contributed by atoms with E-state index in [1.807, 2.05) is 0 Å². The van der Waals surface area contributed by atoms with E-state index in [0.717, 1.165) is 5.56 Å². The minimum Gasteiger partial charge on any atom is -0.493 e. The molecule has 0 heterocycles. The number of carbonyl (C=O) groups excluding carboxylic acids is 1. The lowest BCUT2D eigenvalue weighted by Crippen LogP contribution is -2.02. The molecule has 0 saturated carbocycles. The summed E-state index contributed by atoms with van der Waals surface area (Å²) in [5.74, 6) is 0.907. The third-order valence-corrected chi connectivity index (χ3v) is 3.40. The van der Waals surface area contributed by atoms with Crippen LogP contribution in [0.2, 0.25) is 0 Å². The van der Waals surface area contributed by atoms with Crippen molar-refractivity contribution in [2.75, 3.05) is 21.3 Å². The zero-order chi connectivity index (χ0) is 17.5. The Morgan fingerprint density at radius 3 is 2.12 bits per heavy atom. The van der Waals surface area contributed by atoms with Gasteiger partial charge in [0, 0.05) is 0 Å². The monoisotopic (exact) mass is 327 g/mol. The van der Waals surface area contributed by atoms with Crippen molar-refractivity contribution in [3.63, 3.8) is 0 Å². The maximum Gasteiger partial charge on any atom is 0.204 e. The molecule has 0 spiro atoms. The minimum absolute atomic E-state index is 0.245. The van der Waals surface area contributed by atoms with Gasteiger partial charge in [-0.25, -0.2) is 0 Å². The van der Waals surface area contributed by atoms with Crippen LogP contribution in [0.4, 0.5) is 5.69 Å². The van der Waals surface area contributed by atoms with Crippen molar-refractivity contribution in [3.8, 4) is 17.2 Å². The third kappa shape index (κ3) is 3.60. The standard InChI is InChI=1S/C18H17NO5/c1-22-16-11-9-14(17(23-2)18(16)24-3)15(20)10-6-12-4-7-13(19-21)8-5-12/h4-11H,1-3H3/b10-6+. The summed E-state index contributed by atoms with van der Waals surface area (Å²) in [5.41, 5.74) is 1.47. The second-order valence-electron chi connectivity index (χ2n) is 4.76. The lowest BCUT2D eigenvalue weighted by Gasteiger charge is -2.14. The van der Waals surface area contributed by atoms with E-state index in [9.17, 15) is 9.70 Å². The van der Waals surface area contributed by atoms with Crippen LogP contribution in [0.3, 0.4) is 0 Å². The summed E-state index contributed by atoms with van der Waals surface area (Å²) >= 11 is 0. The first-order valence-corrected chi connectivity index (χ1v) is 7.09. The van der Waals surface area contributed by atoms with E-state index in [-0.39, 0.29) is 5.78 Å². The van der Waals surface area contributed by atoms with E-state index in [0.29, 0.717) is 28.5 Å². The molecule has 0 radical (unpaired) electrons. The number of ether oxygens (including phenoxy) is 3. The summed E-state index contributed by atoms with van der Waals surface area (Å²) in [7, 11) is 4.45. The maximum absolute atomic E-state index is 12.5. The number of allylic oxidation sites excluding steroid dienone is 1. The molecule has 0 atom stereocenters. The Morgan fingerprint density at radius 2 is 1.58 bits per heavy atom. The smallest absolute Gasteiger partial charge is 0.204 e. The van der Waals surface area contributed by atoms with Gasteiger partial charge in [-0.1, -0.05) is 18.2 Å². The fraction of sp³-hybridized carbons (Fsp3) is 0.167. The summed E-state index contributed by atoms with van der Waals surface area (Å²) < 4.78 is 15.8. The Morgan fingerprint density at radius 1 is 0.917 bits per heavy atom. The molecule has 2 rings (SSSR count). The second-order valence-corrected chi connectivity index (χ2v) is 4.76. The molecule has 0 unspecified atom stereocenters. The van der Waals surface area contributed by atoms with Crippen molar-refractivity contribution in [3.05, 3.63) is 58.5 Å². The molecule has 0 aliphatic heterocycles. The number of nitrogens with zero attached hydrogens (tertiary/aromatic N) is 1. The normalized spacial score (nSPS) is 10.5. The van der Waals surface area contributed by atoms with Crippen LogP contribution in [0.25, 0.3) is 6.08 Å². The number of hydrogen-bond acceptors (Lipinski definition) is 6. The largest absolute Gasteiger partial charge is 0.493 e. The molecule has 0 amide bonds. The van der Waals surface area contributed by atoms with E-state index in [4.69, 9.17) is 14.2 Å². The van der Waals surface area contributed by atoms with Gasteiger partial charge in [0.1, 0.15) is 5.69 Å². The highest BCUT2D eigenvalue weighted by atomic mass is 16.5. The van der Waals surface area contributed by atoms with Crippen LogP contribution >= 0.6 is 0 Å². The van der Waals surface area contributed by atoms with E-state index in [2.05, 4.69) is 5.18 Å². The van der Waals surface area contributed by atoms with E-state index in [1.165, 1.54) is 27.4 Å². The van der Waals surface area contributed by atoms with Gasteiger partial charge in [0.2, 0.25) is 5.75 Å². The Hall–Kier alpha value is -3.15. The van der Waals surface area contributed by atoms with Gasteiger partial charge in [0.15, 0.2) is 17.3 Å². The predicted octanol–water partition coefficient (Wildman–Crippen LogP) is 4.01. The molecule has 6 heteroatoms. The molecule has 0 N–H and O–H groups in total. The van der Waals surface area contributed by atoms with Crippen molar-refractivity contribution in [2.24, 2.45) is 5.18 Å².